The van der Waals surface area contributed by atoms with Gasteiger partial charge in [0.15, 0.2) is 0 Å². The summed E-state index contributed by atoms with van der Waals surface area (Å²) in [5, 5.41) is 2.90. The molecule has 2 heterocycles. The van der Waals surface area contributed by atoms with Crippen LogP contribution in [0.1, 0.15) is 30.1 Å². The number of para-hydroxylation sites is 1. The Morgan fingerprint density at radius 3 is 2.62 bits per heavy atom. The zero-order valence-electron chi connectivity index (χ0n) is 15.4. The predicted octanol–water partition coefficient (Wildman–Crippen LogP) is 4.13. The van der Waals surface area contributed by atoms with Crippen LogP contribution in [-0.4, -0.2) is 43.5 Å². The summed E-state index contributed by atoms with van der Waals surface area (Å²) in [7, 11) is 2.20. The van der Waals surface area contributed by atoms with E-state index in [0.717, 1.165) is 31.5 Å². The van der Waals surface area contributed by atoms with Gasteiger partial charge < -0.3 is 15.1 Å². The van der Waals surface area contributed by atoms with E-state index in [1.807, 2.05) is 19.1 Å². The lowest BCUT2D eigenvalue weighted by Gasteiger charge is -2.42. The van der Waals surface area contributed by atoms with E-state index in [1.165, 1.54) is 21.2 Å². The number of rotatable bonds is 3. The summed E-state index contributed by atoms with van der Waals surface area (Å²) in [5.74, 6) is 0.000555. The van der Waals surface area contributed by atoms with Crippen molar-refractivity contribution in [2.24, 2.45) is 0 Å². The highest BCUT2D eigenvalue weighted by Gasteiger charge is 2.31. The second-order valence-corrected chi connectivity index (χ2v) is 8.10. The summed E-state index contributed by atoms with van der Waals surface area (Å²) in [6.07, 6.45) is 2.32. The smallest absolute Gasteiger partial charge is 0.251 e. The number of piperidine rings is 1. The van der Waals surface area contributed by atoms with Gasteiger partial charge in [0.05, 0.1) is 11.4 Å². The first kappa shape index (κ1) is 17.4. The molecule has 0 unspecified atom stereocenters. The van der Waals surface area contributed by atoms with Crippen LogP contribution in [0.3, 0.4) is 0 Å². The van der Waals surface area contributed by atoms with E-state index in [9.17, 15) is 4.79 Å². The van der Waals surface area contributed by atoms with Crippen molar-refractivity contribution in [3.63, 3.8) is 0 Å². The predicted molar refractivity (Wildman–Crippen MR) is 108 cm³/mol. The fourth-order valence-electron chi connectivity index (χ4n) is 3.84. The molecule has 4 nitrogen and oxygen atoms in total. The molecule has 2 aromatic rings. The Morgan fingerprint density at radius 2 is 1.85 bits per heavy atom. The molecule has 0 bridgehead atoms. The summed E-state index contributed by atoms with van der Waals surface area (Å²) < 4.78 is 0. The molecular formula is C21H25N3OS. The highest BCUT2D eigenvalue weighted by molar-refractivity contribution is 7.99. The second kappa shape index (κ2) is 7.33. The summed E-state index contributed by atoms with van der Waals surface area (Å²) in [4.78, 5) is 19.6. The maximum atomic E-state index is 12.3. The van der Waals surface area contributed by atoms with Crippen molar-refractivity contribution in [3.05, 3.63) is 48.0 Å². The molecule has 2 aliphatic heterocycles. The van der Waals surface area contributed by atoms with Crippen LogP contribution in [0.25, 0.3) is 0 Å². The normalized spacial score (nSPS) is 17.5. The fourth-order valence-corrected chi connectivity index (χ4v) is 4.95. The van der Waals surface area contributed by atoms with E-state index in [-0.39, 0.29) is 5.91 Å². The van der Waals surface area contributed by atoms with Crippen molar-refractivity contribution >= 4 is 29.0 Å². The van der Waals surface area contributed by atoms with E-state index in [0.29, 0.717) is 12.6 Å². The van der Waals surface area contributed by atoms with E-state index < -0.39 is 0 Å². The molecule has 1 fully saturated rings. The SMILES string of the molecule is CCNC(=O)c1ccc2c(c1)Sc1ccccc1N2C1CCN(C)CC1. The molecule has 1 N–H and O–H groups in total. The number of likely N-dealkylation sites (tertiary alicyclic amines) is 1. The number of carbonyl (C=O) groups excluding carboxylic acids is 1. The van der Waals surface area contributed by atoms with Crippen molar-refractivity contribution in [2.45, 2.75) is 35.6 Å². The first-order valence-corrected chi connectivity index (χ1v) is 10.2. The number of fused-ring (bicyclic) bond motifs is 2. The Balaban J connectivity index is 1.74. The Hall–Kier alpha value is -1.98. The third kappa shape index (κ3) is 3.21. The third-order valence-electron chi connectivity index (χ3n) is 5.22. The van der Waals surface area contributed by atoms with E-state index in [1.54, 1.807) is 11.8 Å². The quantitative estimate of drug-likeness (QED) is 0.885. The standard InChI is InChI=1S/C21H25N3OS/c1-3-22-21(25)15-8-9-18-20(14-15)26-19-7-5-4-6-17(19)24(18)16-10-12-23(2)13-11-16/h4-9,14,16H,3,10-13H2,1-2H3,(H,22,25). The summed E-state index contributed by atoms with van der Waals surface area (Å²) in [6, 6.07) is 15.3. The topological polar surface area (TPSA) is 35.6 Å². The Kier molecular flexibility index (Phi) is 4.92. The molecule has 0 aromatic heterocycles. The van der Waals surface area contributed by atoms with Gasteiger partial charge in [0.1, 0.15) is 0 Å². The van der Waals surface area contributed by atoms with E-state index >= 15 is 0 Å². The largest absolute Gasteiger partial charge is 0.352 e. The van der Waals surface area contributed by atoms with Gasteiger partial charge in [-0.25, -0.2) is 0 Å². The van der Waals surface area contributed by atoms with Gasteiger partial charge in [0.25, 0.3) is 5.91 Å². The summed E-state index contributed by atoms with van der Waals surface area (Å²) in [5.41, 5.74) is 3.27. The Morgan fingerprint density at radius 1 is 1.12 bits per heavy atom. The maximum absolute atomic E-state index is 12.3. The van der Waals surface area contributed by atoms with Gasteiger partial charge >= 0.3 is 0 Å². The van der Waals surface area contributed by atoms with E-state index in [2.05, 4.69) is 52.5 Å². The molecule has 2 aromatic carbocycles. The molecule has 136 valence electrons. The Labute approximate surface area is 159 Å². The maximum Gasteiger partial charge on any atom is 0.251 e. The van der Waals surface area contributed by atoms with Crippen LogP contribution in [-0.2, 0) is 0 Å². The molecule has 0 radical (unpaired) electrons. The van der Waals surface area contributed by atoms with Crippen LogP contribution < -0.4 is 10.2 Å². The average molecular weight is 368 g/mol. The molecular weight excluding hydrogens is 342 g/mol. The molecule has 1 saturated heterocycles. The van der Waals surface area contributed by atoms with Crippen LogP contribution in [0.4, 0.5) is 11.4 Å². The van der Waals surface area contributed by atoms with Gasteiger partial charge in [-0.05, 0) is 70.2 Å². The minimum Gasteiger partial charge on any atom is -0.352 e. The average Bonchev–Trinajstić information content (AvgIpc) is 2.66. The van der Waals surface area contributed by atoms with Crippen molar-refractivity contribution < 1.29 is 4.79 Å². The van der Waals surface area contributed by atoms with Crippen molar-refractivity contribution in [2.75, 3.05) is 31.6 Å². The lowest BCUT2D eigenvalue weighted by molar-refractivity contribution is 0.0955. The third-order valence-corrected chi connectivity index (χ3v) is 6.33. The van der Waals surface area contributed by atoms with Crippen LogP contribution >= 0.6 is 11.8 Å². The number of hydrogen-bond donors (Lipinski definition) is 1. The zero-order chi connectivity index (χ0) is 18.1. The molecule has 0 aliphatic carbocycles. The van der Waals surface area contributed by atoms with Gasteiger partial charge in [-0.1, -0.05) is 23.9 Å². The minimum absolute atomic E-state index is 0.000555. The molecule has 0 saturated carbocycles. The summed E-state index contributed by atoms with van der Waals surface area (Å²) >= 11 is 1.77. The van der Waals surface area contributed by atoms with Crippen LogP contribution in [0.2, 0.25) is 0 Å². The number of hydrogen-bond acceptors (Lipinski definition) is 4. The molecule has 0 spiro atoms. The lowest BCUT2D eigenvalue weighted by Crippen LogP contribution is -2.42. The van der Waals surface area contributed by atoms with Gasteiger partial charge in [0, 0.05) is 27.9 Å². The van der Waals surface area contributed by atoms with Gasteiger partial charge in [0.2, 0.25) is 0 Å². The number of nitrogens with one attached hydrogen (secondary N) is 1. The van der Waals surface area contributed by atoms with E-state index in [4.69, 9.17) is 0 Å². The van der Waals surface area contributed by atoms with Crippen LogP contribution in [0.15, 0.2) is 52.3 Å². The molecule has 0 atom stereocenters. The molecule has 4 rings (SSSR count). The first-order chi connectivity index (χ1) is 12.7. The van der Waals surface area contributed by atoms with Crippen molar-refractivity contribution in [1.82, 2.24) is 10.2 Å². The van der Waals surface area contributed by atoms with Crippen LogP contribution in [0.5, 0.6) is 0 Å². The van der Waals surface area contributed by atoms with Crippen LogP contribution in [0, 0.1) is 0 Å². The molecule has 2 aliphatic rings. The Bertz CT molecular complexity index is 815. The molecule has 1 amide bonds. The highest BCUT2D eigenvalue weighted by atomic mass is 32.2. The number of nitrogens with zero attached hydrogens (tertiary/aromatic N) is 2. The number of benzene rings is 2. The number of anilines is 2. The zero-order valence-corrected chi connectivity index (χ0v) is 16.2. The summed E-state index contributed by atoms with van der Waals surface area (Å²) in [6.45, 7) is 4.85. The van der Waals surface area contributed by atoms with Gasteiger partial charge in [-0.15, -0.1) is 0 Å². The number of amides is 1. The second-order valence-electron chi connectivity index (χ2n) is 7.02. The first-order valence-electron chi connectivity index (χ1n) is 9.34. The van der Waals surface area contributed by atoms with Gasteiger partial charge in [-0.3, -0.25) is 4.79 Å². The molecule has 26 heavy (non-hydrogen) atoms. The van der Waals surface area contributed by atoms with Crippen molar-refractivity contribution in [3.8, 4) is 0 Å². The monoisotopic (exact) mass is 367 g/mol. The molecule has 5 heteroatoms. The van der Waals surface area contributed by atoms with Crippen molar-refractivity contribution in [1.29, 1.82) is 0 Å². The minimum atomic E-state index is 0.000555. The number of carbonyl (C=O) groups is 1. The highest BCUT2D eigenvalue weighted by Crippen LogP contribution is 2.50. The lowest BCUT2D eigenvalue weighted by atomic mass is 10.0. The van der Waals surface area contributed by atoms with Gasteiger partial charge in [-0.2, -0.15) is 0 Å². The fraction of sp³-hybridized carbons (Fsp3) is 0.381.